The van der Waals surface area contributed by atoms with Crippen molar-refractivity contribution in [3.63, 3.8) is 0 Å². The van der Waals surface area contributed by atoms with Crippen LogP contribution >= 0.6 is 0 Å². The summed E-state index contributed by atoms with van der Waals surface area (Å²) in [4.78, 5) is 5.84. The Morgan fingerprint density at radius 1 is 1.39 bits per heavy atom. The van der Waals surface area contributed by atoms with E-state index in [4.69, 9.17) is 5.73 Å². The standard InChI is InChI=1S/C12H16F3N3/c1-8-4-10(16)7-18(6-8)11-5-9(2-3-17-11)12(13,14)15/h2-3,5,8,10H,4,6-7,16H2,1H3. The van der Waals surface area contributed by atoms with E-state index in [9.17, 15) is 13.2 Å². The van der Waals surface area contributed by atoms with E-state index < -0.39 is 11.7 Å². The van der Waals surface area contributed by atoms with Crippen molar-refractivity contribution in [2.75, 3.05) is 18.0 Å². The zero-order valence-electron chi connectivity index (χ0n) is 10.1. The second-order valence-corrected chi connectivity index (χ2v) is 4.91. The monoisotopic (exact) mass is 259 g/mol. The molecule has 1 aliphatic heterocycles. The molecule has 2 unspecified atom stereocenters. The van der Waals surface area contributed by atoms with Gasteiger partial charge in [0.05, 0.1) is 5.56 Å². The maximum atomic E-state index is 12.6. The molecule has 18 heavy (non-hydrogen) atoms. The van der Waals surface area contributed by atoms with Crippen LogP contribution in [-0.4, -0.2) is 24.1 Å². The summed E-state index contributed by atoms with van der Waals surface area (Å²) in [6.45, 7) is 3.29. The molecule has 1 aliphatic rings. The smallest absolute Gasteiger partial charge is 0.355 e. The van der Waals surface area contributed by atoms with Gasteiger partial charge in [0.2, 0.25) is 0 Å². The van der Waals surface area contributed by atoms with Crippen LogP contribution in [-0.2, 0) is 6.18 Å². The van der Waals surface area contributed by atoms with E-state index in [2.05, 4.69) is 4.98 Å². The molecule has 3 nitrogen and oxygen atoms in total. The summed E-state index contributed by atoms with van der Waals surface area (Å²) in [5.74, 6) is 0.719. The van der Waals surface area contributed by atoms with E-state index in [0.717, 1.165) is 18.6 Å². The molecule has 2 heterocycles. The van der Waals surface area contributed by atoms with Gasteiger partial charge < -0.3 is 10.6 Å². The Labute approximate surface area is 104 Å². The fourth-order valence-corrected chi connectivity index (χ4v) is 2.35. The highest BCUT2D eigenvalue weighted by atomic mass is 19.4. The zero-order chi connectivity index (χ0) is 13.3. The third-order valence-electron chi connectivity index (χ3n) is 3.09. The van der Waals surface area contributed by atoms with E-state index in [1.54, 1.807) is 0 Å². The van der Waals surface area contributed by atoms with Gasteiger partial charge in [-0.25, -0.2) is 4.98 Å². The van der Waals surface area contributed by atoms with Gasteiger partial charge >= 0.3 is 6.18 Å². The third-order valence-corrected chi connectivity index (χ3v) is 3.09. The first-order valence-electron chi connectivity index (χ1n) is 5.90. The summed E-state index contributed by atoms with van der Waals surface area (Å²) >= 11 is 0. The quantitative estimate of drug-likeness (QED) is 0.841. The van der Waals surface area contributed by atoms with Crippen LogP contribution in [0.2, 0.25) is 0 Å². The van der Waals surface area contributed by atoms with E-state index >= 15 is 0 Å². The summed E-state index contributed by atoms with van der Waals surface area (Å²) in [5, 5.41) is 0. The highest BCUT2D eigenvalue weighted by Crippen LogP contribution is 2.31. The Morgan fingerprint density at radius 3 is 2.72 bits per heavy atom. The summed E-state index contributed by atoms with van der Waals surface area (Å²) in [7, 11) is 0. The molecule has 100 valence electrons. The first-order valence-corrected chi connectivity index (χ1v) is 5.90. The number of nitrogens with zero attached hydrogens (tertiary/aromatic N) is 2. The average molecular weight is 259 g/mol. The lowest BCUT2D eigenvalue weighted by Gasteiger charge is -2.35. The molecule has 1 saturated heterocycles. The van der Waals surface area contributed by atoms with Crippen molar-refractivity contribution in [1.82, 2.24) is 4.98 Å². The van der Waals surface area contributed by atoms with Crippen molar-refractivity contribution < 1.29 is 13.2 Å². The summed E-state index contributed by atoms with van der Waals surface area (Å²) in [5.41, 5.74) is 5.22. The predicted octanol–water partition coefficient (Wildman–Crippen LogP) is 2.27. The van der Waals surface area contributed by atoms with Gasteiger partial charge in [0.25, 0.3) is 0 Å². The second-order valence-electron chi connectivity index (χ2n) is 4.91. The Kier molecular flexibility index (Phi) is 3.47. The Hall–Kier alpha value is -1.30. The molecule has 0 saturated carbocycles. The van der Waals surface area contributed by atoms with Crippen LogP contribution in [0.3, 0.4) is 0 Å². The van der Waals surface area contributed by atoms with E-state index in [1.165, 1.54) is 6.20 Å². The molecule has 6 heteroatoms. The average Bonchev–Trinajstić information content (AvgIpc) is 2.27. The highest BCUT2D eigenvalue weighted by molar-refractivity contribution is 5.42. The summed E-state index contributed by atoms with van der Waals surface area (Å²) in [6, 6.07) is 2.06. The molecule has 2 N–H and O–H groups in total. The number of rotatable bonds is 1. The predicted molar refractivity (Wildman–Crippen MR) is 63.2 cm³/mol. The van der Waals surface area contributed by atoms with Crippen LogP contribution in [0.25, 0.3) is 0 Å². The molecule has 0 radical (unpaired) electrons. The number of pyridine rings is 1. The minimum absolute atomic E-state index is 0.00917. The number of halogens is 3. The van der Waals surface area contributed by atoms with E-state index in [0.29, 0.717) is 24.8 Å². The number of hydrogen-bond acceptors (Lipinski definition) is 3. The summed E-state index contributed by atoms with van der Waals surface area (Å²) < 4.78 is 37.9. The maximum absolute atomic E-state index is 12.6. The molecule has 2 rings (SSSR count). The Morgan fingerprint density at radius 2 is 2.11 bits per heavy atom. The molecule has 0 bridgehead atoms. The highest BCUT2D eigenvalue weighted by Gasteiger charge is 2.32. The van der Waals surface area contributed by atoms with E-state index in [1.807, 2.05) is 11.8 Å². The number of alkyl halides is 3. The molecular weight excluding hydrogens is 243 g/mol. The van der Waals surface area contributed by atoms with Gasteiger partial charge in [0.15, 0.2) is 0 Å². The molecule has 0 amide bonds. The SMILES string of the molecule is CC1CC(N)CN(c2cc(C(F)(F)F)ccn2)C1. The second kappa shape index (κ2) is 4.76. The number of anilines is 1. The third kappa shape index (κ3) is 2.93. The van der Waals surface area contributed by atoms with E-state index in [-0.39, 0.29) is 6.04 Å². The van der Waals surface area contributed by atoms with Gasteiger partial charge in [-0.05, 0) is 24.5 Å². The molecule has 1 aromatic heterocycles. The normalized spacial score (nSPS) is 25.3. The van der Waals surface area contributed by atoms with Crippen LogP contribution in [0.1, 0.15) is 18.9 Å². The molecule has 1 fully saturated rings. The van der Waals surface area contributed by atoms with Crippen molar-refractivity contribution in [3.05, 3.63) is 23.9 Å². The van der Waals surface area contributed by atoms with Crippen molar-refractivity contribution in [1.29, 1.82) is 0 Å². The number of piperidine rings is 1. The fraction of sp³-hybridized carbons (Fsp3) is 0.583. The minimum atomic E-state index is -4.33. The topological polar surface area (TPSA) is 42.1 Å². The van der Waals surface area contributed by atoms with Crippen molar-refractivity contribution >= 4 is 5.82 Å². The molecular formula is C12H16F3N3. The molecule has 1 aromatic rings. The maximum Gasteiger partial charge on any atom is 0.416 e. The fourth-order valence-electron chi connectivity index (χ4n) is 2.35. The van der Waals surface area contributed by atoms with Crippen molar-refractivity contribution in [3.8, 4) is 0 Å². The van der Waals surface area contributed by atoms with Crippen LogP contribution in [0, 0.1) is 5.92 Å². The first-order chi connectivity index (χ1) is 8.36. The van der Waals surface area contributed by atoms with Gasteiger partial charge in [-0.15, -0.1) is 0 Å². The van der Waals surface area contributed by atoms with Crippen LogP contribution in [0.15, 0.2) is 18.3 Å². The van der Waals surface area contributed by atoms with Crippen LogP contribution in [0.5, 0.6) is 0 Å². The lowest BCUT2D eigenvalue weighted by atomic mass is 9.96. The number of hydrogen-bond donors (Lipinski definition) is 1. The Bertz CT molecular complexity index is 409. The molecule has 0 aliphatic carbocycles. The van der Waals surface area contributed by atoms with Gasteiger partial charge in [0.1, 0.15) is 5.82 Å². The Balaban J connectivity index is 2.23. The van der Waals surface area contributed by atoms with Gasteiger partial charge in [-0.1, -0.05) is 6.92 Å². The lowest BCUT2D eigenvalue weighted by Crippen LogP contribution is -2.46. The molecule has 0 aromatic carbocycles. The zero-order valence-corrected chi connectivity index (χ0v) is 10.1. The van der Waals surface area contributed by atoms with Crippen molar-refractivity contribution in [2.45, 2.75) is 25.6 Å². The van der Waals surface area contributed by atoms with Crippen LogP contribution in [0.4, 0.5) is 19.0 Å². The molecule has 0 spiro atoms. The summed E-state index contributed by atoms with van der Waals surface area (Å²) in [6.07, 6.45) is -2.24. The number of nitrogens with two attached hydrogens (primary N) is 1. The van der Waals surface area contributed by atoms with Gasteiger partial charge in [0, 0.05) is 25.3 Å². The number of aromatic nitrogens is 1. The first kappa shape index (κ1) is 13.1. The minimum Gasteiger partial charge on any atom is -0.355 e. The molecule has 2 atom stereocenters. The van der Waals surface area contributed by atoms with Gasteiger partial charge in [-0.2, -0.15) is 13.2 Å². The van der Waals surface area contributed by atoms with Crippen LogP contribution < -0.4 is 10.6 Å². The van der Waals surface area contributed by atoms with Gasteiger partial charge in [-0.3, -0.25) is 0 Å². The lowest BCUT2D eigenvalue weighted by molar-refractivity contribution is -0.137. The van der Waals surface area contributed by atoms with Crippen molar-refractivity contribution in [2.24, 2.45) is 11.7 Å². The largest absolute Gasteiger partial charge is 0.416 e.